The Morgan fingerprint density at radius 2 is 1.96 bits per heavy atom. The minimum absolute atomic E-state index is 0.110. The first-order valence-corrected chi connectivity index (χ1v) is 10.1. The number of nitrogens with one attached hydrogen (secondary N) is 1. The second-order valence-corrected chi connectivity index (χ2v) is 10.8. The average Bonchev–Trinajstić information content (AvgIpc) is 2.90. The van der Waals surface area contributed by atoms with E-state index in [2.05, 4.69) is 5.32 Å². The maximum absolute atomic E-state index is 12.4. The molecular weight excluding hydrogens is 356 g/mol. The summed E-state index contributed by atoms with van der Waals surface area (Å²) in [6, 6.07) is 6.32. The van der Waals surface area contributed by atoms with Gasteiger partial charge in [-0.25, -0.2) is 13.2 Å². The van der Waals surface area contributed by atoms with Crippen LogP contribution in [0.2, 0.25) is 0 Å². The van der Waals surface area contributed by atoms with Gasteiger partial charge in [0.25, 0.3) is 0 Å². The highest BCUT2D eigenvalue weighted by atomic mass is 32.2. The number of hydrogen-bond acceptors (Lipinski definition) is 4. The number of likely N-dealkylation sites (tertiary alicyclic amines) is 1. The minimum Gasteiger partial charge on any atom is -0.481 e. The number of carbonyl (C=O) groups excluding carboxylic acids is 1. The summed E-state index contributed by atoms with van der Waals surface area (Å²) in [6.45, 7) is 7.10. The number of sulfone groups is 1. The first-order chi connectivity index (χ1) is 11.8. The third-order valence-corrected chi connectivity index (χ3v) is 7.32. The molecule has 26 heavy (non-hydrogen) atoms. The normalized spacial score (nSPS) is 20.8. The topological polar surface area (TPSA) is 104 Å². The maximum atomic E-state index is 12.4. The zero-order chi connectivity index (χ0) is 19.8. The van der Waals surface area contributed by atoms with Crippen LogP contribution in [0.25, 0.3) is 0 Å². The third kappa shape index (κ3) is 4.35. The number of aliphatic carboxylic acids is 1. The van der Waals surface area contributed by atoms with Crippen LogP contribution in [0.15, 0.2) is 24.3 Å². The van der Waals surface area contributed by atoms with E-state index in [1.165, 1.54) is 4.90 Å². The van der Waals surface area contributed by atoms with Gasteiger partial charge in [-0.3, -0.25) is 4.79 Å². The number of anilines is 1. The molecule has 2 amide bonds. The summed E-state index contributed by atoms with van der Waals surface area (Å²) in [7, 11) is -3.32. The molecule has 1 unspecified atom stereocenters. The van der Waals surface area contributed by atoms with Gasteiger partial charge in [0.15, 0.2) is 9.84 Å². The lowest BCUT2D eigenvalue weighted by Gasteiger charge is -2.21. The van der Waals surface area contributed by atoms with Gasteiger partial charge in [-0.2, -0.15) is 0 Å². The van der Waals surface area contributed by atoms with Crippen LogP contribution in [0.4, 0.5) is 10.5 Å². The lowest BCUT2D eigenvalue weighted by molar-refractivity contribution is -0.146. The van der Waals surface area contributed by atoms with Gasteiger partial charge in [0.1, 0.15) is 0 Å². The van der Waals surface area contributed by atoms with Crippen molar-refractivity contribution in [2.45, 2.75) is 44.6 Å². The van der Waals surface area contributed by atoms with E-state index in [9.17, 15) is 23.1 Å². The first kappa shape index (κ1) is 20.2. The van der Waals surface area contributed by atoms with Gasteiger partial charge in [-0.1, -0.05) is 12.1 Å². The number of carbonyl (C=O) groups is 2. The predicted molar refractivity (Wildman–Crippen MR) is 99.8 cm³/mol. The van der Waals surface area contributed by atoms with Crippen LogP contribution < -0.4 is 5.32 Å². The minimum atomic E-state index is -3.32. The van der Waals surface area contributed by atoms with Crippen molar-refractivity contribution in [1.29, 1.82) is 0 Å². The van der Waals surface area contributed by atoms with Crippen molar-refractivity contribution in [3.8, 4) is 0 Å². The molecule has 0 aliphatic carbocycles. The molecule has 0 radical (unpaired) electrons. The van der Waals surface area contributed by atoms with E-state index in [1.807, 2.05) is 0 Å². The van der Waals surface area contributed by atoms with E-state index in [0.717, 1.165) is 0 Å². The summed E-state index contributed by atoms with van der Waals surface area (Å²) in [5.41, 5.74) is 0.148. The summed E-state index contributed by atoms with van der Waals surface area (Å²) < 4.78 is 23.8. The molecule has 0 bridgehead atoms. The van der Waals surface area contributed by atoms with Crippen molar-refractivity contribution in [2.75, 3.05) is 18.4 Å². The van der Waals surface area contributed by atoms with Gasteiger partial charge >= 0.3 is 12.0 Å². The van der Waals surface area contributed by atoms with Crippen molar-refractivity contribution >= 4 is 27.5 Å². The summed E-state index contributed by atoms with van der Waals surface area (Å²) in [4.78, 5) is 25.1. The maximum Gasteiger partial charge on any atom is 0.321 e. The van der Waals surface area contributed by atoms with Crippen LogP contribution in [-0.2, 0) is 20.4 Å². The summed E-state index contributed by atoms with van der Waals surface area (Å²) in [5, 5.41) is 12.0. The molecular formula is C18H26N2O5S. The van der Waals surface area contributed by atoms with Crippen LogP contribution in [0, 0.1) is 5.41 Å². The molecule has 1 aromatic carbocycles. The Kier molecular flexibility index (Phi) is 5.37. The number of carboxylic acid groups (broad SMARTS) is 1. The van der Waals surface area contributed by atoms with Crippen LogP contribution >= 0.6 is 0 Å². The fourth-order valence-corrected chi connectivity index (χ4v) is 3.74. The Balaban J connectivity index is 2.08. The number of hydrogen-bond donors (Lipinski definition) is 2. The van der Waals surface area contributed by atoms with Gasteiger partial charge in [0, 0.05) is 18.8 Å². The van der Waals surface area contributed by atoms with Gasteiger partial charge < -0.3 is 15.3 Å². The molecule has 8 heteroatoms. The molecule has 1 heterocycles. The van der Waals surface area contributed by atoms with Gasteiger partial charge in [0.2, 0.25) is 0 Å². The van der Waals surface area contributed by atoms with E-state index in [0.29, 0.717) is 24.2 Å². The van der Waals surface area contributed by atoms with Crippen molar-refractivity contribution in [1.82, 2.24) is 4.90 Å². The average molecular weight is 382 g/mol. The highest BCUT2D eigenvalue weighted by Crippen LogP contribution is 2.30. The molecule has 1 fully saturated rings. The van der Waals surface area contributed by atoms with Crippen molar-refractivity contribution < 1.29 is 23.1 Å². The number of carboxylic acids is 1. The summed E-state index contributed by atoms with van der Waals surface area (Å²) >= 11 is 0. The van der Waals surface area contributed by atoms with E-state index in [4.69, 9.17) is 0 Å². The molecule has 144 valence electrons. The van der Waals surface area contributed by atoms with Gasteiger partial charge in [0.05, 0.1) is 15.9 Å². The smallest absolute Gasteiger partial charge is 0.321 e. The molecule has 1 aliphatic heterocycles. The Morgan fingerprint density at radius 3 is 2.50 bits per heavy atom. The Bertz CT molecular complexity index is 813. The largest absolute Gasteiger partial charge is 0.481 e. The van der Waals surface area contributed by atoms with Crippen molar-refractivity contribution in [3.05, 3.63) is 29.8 Å². The monoisotopic (exact) mass is 382 g/mol. The molecule has 0 saturated carbocycles. The second kappa shape index (κ2) is 6.90. The van der Waals surface area contributed by atoms with E-state index >= 15 is 0 Å². The third-order valence-electron chi connectivity index (χ3n) is 4.74. The Morgan fingerprint density at radius 1 is 1.31 bits per heavy atom. The molecule has 0 aromatic heterocycles. The molecule has 1 saturated heterocycles. The zero-order valence-corrected chi connectivity index (χ0v) is 16.4. The number of amides is 2. The summed E-state index contributed by atoms with van der Waals surface area (Å²) in [5.74, 6) is -1.02. The SMILES string of the molecule is CC1(C(=O)O)CCN(C(=O)Nc2cccc(CS(=O)(=O)C(C)(C)C)c2)C1. The molecule has 1 aliphatic rings. The molecule has 0 spiro atoms. The quantitative estimate of drug-likeness (QED) is 0.833. The number of urea groups is 1. The zero-order valence-electron chi connectivity index (χ0n) is 15.6. The van der Waals surface area contributed by atoms with Gasteiger partial charge in [-0.05, 0) is 51.8 Å². The standard InChI is InChI=1S/C18H26N2O5S/c1-17(2,3)26(24,25)11-13-6-5-7-14(10-13)19-16(23)20-9-8-18(4,12-20)15(21)22/h5-7,10H,8-9,11-12H2,1-4H3,(H,19,23)(H,21,22). The van der Waals surface area contributed by atoms with E-state index < -0.39 is 26.0 Å². The number of benzene rings is 1. The fraction of sp³-hybridized carbons (Fsp3) is 0.556. The molecule has 2 rings (SSSR count). The van der Waals surface area contributed by atoms with E-state index in [1.54, 1.807) is 52.0 Å². The van der Waals surface area contributed by atoms with Crippen LogP contribution in [0.3, 0.4) is 0 Å². The highest BCUT2D eigenvalue weighted by Gasteiger charge is 2.42. The Labute approximate surface area is 154 Å². The fourth-order valence-electron chi connectivity index (χ4n) is 2.69. The molecule has 7 nitrogen and oxygen atoms in total. The van der Waals surface area contributed by atoms with Crippen LogP contribution in [-0.4, -0.2) is 48.3 Å². The number of rotatable bonds is 4. The van der Waals surface area contributed by atoms with Crippen LogP contribution in [0.5, 0.6) is 0 Å². The molecule has 1 atom stereocenters. The number of nitrogens with zero attached hydrogens (tertiary/aromatic N) is 1. The second-order valence-electron chi connectivity index (χ2n) is 8.04. The highest BCUT2D eigenvalue weighted by molar-refractivity contribution is 7.91. The lowest BCUT2D eigenvalue weighted by atomic mass is 9.90. The Hall–Kier alpha value is -2.09. The van der Waals surface area contributed by atoms with Gasteiger partial charge in [-0.15, -0.1) is 0 Å². The summed E-state index contributed by atoms with van der Waals surface area (Å²) in [6.07, 6.45) is 0.402. The lowest BCUT2D eigenvalue weighted by Crippen LogP contribution is -2.37. The van der Waals surface area contributed by atoms with Crippen molar-refractivity contribution in [3.63, 3.8) is 0 Å². The predicted octanol–water partition coefficient (Wildman–Crippen LogP) is 2.73. The van der Waals surface area contributed by atoms with Crippen LogP contribution in [0.1, 0.15) is 39.7 Å². The van der Waals surface area contributed by atoms with Crippen molar-refractivity contribution in [2.24, 2.45) is 5.41 Å². The molecule has 2 N–H and O–H groups in total. The molecule has 1 aromatic rings. The van der Waals surface area contributed by atoms with E-state index in [-0.39, 0.29) is 18.3 Å². The first-order valence-electron chi connectivity index (χ1n) is 8.45.